The fourth-order valence-corrected chi connectivity index (χ4v) is 3.31. The summed E-state index contributed by atoms with van der Waals surface area (Å²) in [5.74, 6) is -0.296. The van der Waals surface area contributed by atoms with Crippen LogP contribution < -0.4 is 10.2 Å². The molecular formula is C22H26N4O3. The van der Waals surface area contributed by atoms with E-state index in [4.69, 9.17) is 0 Å². The van der Waals surface area contributed by atoms with E-state index in [-0.39, 0.29) is 17.7 Å². The summed E-state index contributed by atoms with van der Waals surface area (Å²) in [5.41, 5.74) is 2.81. The summed E-state index contributed by atoms with van der Waals surface area (Å²) in [4.78, 5) is 42.3. The Morgan fingerprint density at radius 3 is 1.90 bits per heavy atom. The number of hydrogen-bond acceptors (Lipinski definition) is 4. The number of piperazine rings is 1. The van der Waals surface area contributed by atoms with Gasteiger partial charge in [-0.1, -0.05) is 6.07 Å². The van der Waals surface area contributed by atoms with Crippen molar-refractivity contribution in [3.63, 3.8) is 0 Å². The third kappa shape index (κ3) is 4.93. The molecule has 152 valence electrons. The molecule has 1 aliphatic heterocycles. The summed E-state index contributed by atoms with van der Waals surface area (Å²) in [7, 11) is 3.91. The molecule has 1 aliphatic rings. The molecule has 0 radical (unpaired) electrons. The molecule has 0 aliphatic carbocycles. The van der Waals surface area contributed by atoms with Gasteiger partial charge in [-0.05, 0) is 42.5 Å². The molecule has 1 heterocycles. The van der Waals surface area contributed by atoms with Crippen LogP contribution in [-0.4, -0.2) is 67.8 Å². The summed E-state index contributed by atoms with van der Waals surface area (Å²) in [5, 5.41) is 2.69. The predicted molar refractivity (Wildman–Crippen MR) is 113 cm³/mol. The maximum Gasteiger partial charge on any atom is 0.254 e. The first kappa shape index (κ1) is 20.4. The number of carbonyl (C=O) groups excluding carboxylic acids is 3. The number of carbonyl (C=O) groups is 3. The maximum absolute atomic E-state index is 12.8. The molecule has 29 heavy (non-hydrogen) atoms. The Balaban J connectivity index is 1.60. The summed E-state index contributed by atoms with van der Waals surface area (Å²) in [6.45, 7) is 3.37. The number of rotatable bonds is 4. The highest BCUT2D eigenvalue weighted by Crippen LogP contribution is 2.17. The minimum Gasteiger partial charge on any atom is -0.378 e. The van der Waals surface area contributed by atoms with Gasteiger partial charge in [-0.3, -0.25) is 14.4 Å². The highest BCUT2D eigenvalue weighted by molar-refractivity contribution is 5.97. The monoisotopic (exact) mass is 394 g/mol. The van der Waals surface area contributed by atoms with Gasteiger partial charge in [0.05, 0.1) is 0 Å². The van der Waals surface area contributed by atoms with E-state index < -0.39 is 0 Å². The van der Waals surface area contributed by atoms with Gasteiger partial charge in [-0.25, -0.2) is 0 Å². The van der Waals surface area contributed by atoms with Crippen LogP contribution in [0, 0.1) is 0 Å². The Labute approximate surface area is 170 Å². The van der Waals surface area contributed by atoms with Crippen LogP contribution in [0.1, 0.15) is 27.6 Å². The zero-order chi connectivity index (χ0) is 21.0. The minimum atomic E-state index is -0.180. The number of benzene rings is 2. The second-order valence-electron chi connectivity index (χ2n) is 7.29. The van der Waals surface area contributed by atoms with Gasteiger partial charge in [0.1, 0.15) is 0 Å². The summed E-state index contributed by atoms with van der Waals surface area (Å²) >= 11 is 0. The van der Waals surface area contributed by atoms with E-state index in [0.717, 1.165) is 5.69 Å². The lowest BCUT2D eigenvalue weighted by atomic mass is 10.1. The lowest BCUT2D eigenvalue weighted by Gasteiger charge is -2.35. The van der Waals surface area contributed by atoms with Crippen LogP contribution in [0.4, 0.5) is 11.4 Å². The molecule has 0 aromatic heterocycles. The maximum atomic E-state index is 12.8. The second kappa shape index (κ2) is 8.77. The van der Waals surface area contributed by atoms with E-state index in [1.165, 1.54) is 6.92 Å². The van der Waals surface area contributed by atoms with Crippen molar-refractivity contribution in [3.05, 3.63) is 59.7 Å². The van der Waals surface area contributed by atoms with Crippen LogP contribution in [0.3, 0.4) is 0 Å². The molecule has 2 aromatic carbocycles. The van der Waals surface area contributed by atoms with Crippen LogP contribution in [-0.2, 0) is 4.79 Å². The smallest absolute Gasteiger partial charge is 0.254 e. The van der Waals surface area contributed by atoms with Crippen LogP contribution in [0.2, 0.25) is 0 Å². The van der Waals surface area contributed by atoms with Crippen LogP contribution in [0.25, 0.3) is 0 Å². The Bertz CT molecular complexity index is 901. The molecule has 3 rings (SSSR count). The van der Waals surface area contributed by atoms with Crippen LogP contribution >= 0.6 is 0 Å². The predicted octanol–water partition coefficient (Wildman–Crippen LogP) is 2.31. The second-order valence-corrected chi connectivity index (χ2v) is 7.29. The Kier molecular flexibility index (Phi) is 6.16. The van der Waals surface area contributed by atoms with Gasteiger partial charge < -0.3 is 20.0 Å². The van der Waals surface area contributed by atoms with Crippen molar-refractivity contribution in [2.75, 3.05) is 50.5 Å². The molecule has 0 saturated carbocycles. The highest BCUT2D eigenvalue weighted by Gasteiger charge is 2.25. The summed E-state index contributed by atoms with van der Waals surface area (Å²) in [6.07, 6.45) is 0. The van der Waals surface area contributed by atoms with Gasteiger partial charge in [-0.15, -0.1) is 0 Å². The first-order valence-corrected chi connectivity index (χ1v) is 9.59. The average Bonchev–Trinajstić information content (AvgIpc) is 2.72. The number of hydrogen-bond donors (Lipinski definition) is 1. The van der Waals surface area contributed by atoms with Gasteiger partial charge in [0.15, 0.2) is 0 Å². The third-order valence-electron chi connectivity index (χ3n) is 4.91. The molecule has 3 amide bonds. The van der Waals surface area contributed by atoms with E-state index in [0.29, 0.717) is 43.0 Å². The topological polar surface area (TPSA) is 73.0 Å². The van der Waals surface area contributed by atoms with E-state index >= 15 is 0 Å². The summed E-state index contributed by atoms with van der Waals surface area (Å²) < 4.78 is 0. The molecule has 1 N–H and O–H groups in total. The molecule has 0 unspecified atom stereocenters. The Morgan fingerprint density at radius 2 is 1.38 bits per heavy atom. The first-order valence-electron chi connectivity index (χ1n) is 9.59. The number of nitrogens with one attached hydrogen (secondary N) is 1. The molecule has 2 aromatic rings. The third-order valence-corrected chi connectivity index (χ3v) is 4.91. The van der Waals surface area contributed by atoms with E-state index in [2.05, 4.69) is 5.32 Å². The molecule has 1 saturated heterocycles. The number of amides is 3. The standard InChI is InChI=1S/C22H26N4O3/c1-16(27)23-19-6-4-5-18(15-19)22(29)26-13-11-25(12-14-26)21(28)17-7-9-20(10-8-17)24(2)3/h4-10,15H,11-14H2,1-3H3,(H,23,27). The molecule has 0 atom stereocenters. The van der Waals surface area contributed by atoms with Gasteiger partial charge in [0.25, 0.3) is 11.8 Å². The van der Waals surface area contributed by atoms with Gasteiger partial charge in [0.2, 0.25) is 5.91 Å². The zero-order valence-corrected chi connectivity index (χ0v) is 17.0. The van der Waals surface area contributed by atoms with Crippen molar-refractivity contribution < 1.29 is 14.4 Å². The van der Waals surface area contributed by atoms with Crippen molar-refractivity contribution >= 4 is 29.1 Å². The van der Waals surface area contributed by atoms with Crippen molar-refractivity contribution in [2.24, 2.45) is 0 Å². The van der Waals surface area contributed by atoms with Crippen molar-refractivity contribution in [3.8, 4) is 0 Å². The van der Waals surface area contributed by atoms with Gasteiger partial charge >= 0.3 is 0 Å². The Hall–Kier alpha value is -3.35. The van der Waals surface area contributed by atoms with E-state index in [1.807, 2.05) is 43.3 Å². The van der Waals surface area contributed by atoms with E-state index in [9.17, 15) is 14.4 Å². The molecule has 7 nitrogen and oxygen atoms in total. The van der Waals surface area contributed by atoms with Crippen molar-refractivity contribution in [2.45, 2.75) is 6.92 Å². The normalized spacial score (nSPS) is 13.8. The molecule has 1 fully saturated rings. The van der Waals surface area contributed by atoms with Crippen molar-refractivity contribution in [1.29, 1.82) is 0 Å². The van der Waals surface area contributed by atoms with Crippen LogP contribution in [0.15, 0.2) is 48.5 Å². The molecule has 0 spiro atoms. The number of anilines is 2. The number of nitrogens with zero attached hydrogens (tertiary/aromatic N) is 3. The van der Waals surface area contributed by atoms with Crippen molar-refractivity contribution in [1.82, 2.24) is 9.80 Å². The lowest BCUT2D eigenvalue weighted by Crippen LogP contribution is -2.50. The van der Waals surface area contributed by atoms with E-state index in [1.54, 1.807) is 34.1 Å². The average molecular weight is 394 g/mol. The molecule has 0 bridgehead atoms. The molecule has 7 heteroatoms. The van der Waals surface area contributed by atoms with Crippen LogP contribution in [0.5, 0.6) is 0 Å². The fraction of sp³-hybridized carbons (Fsp3) is 0.318. The first-order chi connectivity index (χ1) is 13.8. The van der Waals surface area contributed by atoms with Gasteiger partial charge in [-0.2, -0.15) is 0 Å². The zero-order valence-electron chi connectivity index (χ0n) is 17.0. The van der Waals surface area contributed by atoms with Gasteiger partial charge in [0, 0.05) is 69.7 Å². The Morgan fingerprint density at radius 1 is 0.828 bits per heavy atom. The highest BCUT2D eigenvalue weighted by atomic mass is 16.2. The largest absolute Gasteiger partial charge is 0.378 e. The molecular weight excluding hydrogens is 368 g/mol. The summed E-state index contributed by atoms with van der Waals surface area (Å²) in [6, 6.07) is 14.4. The quantitative estimate of drug-likeness (QED) is 0.864. The SMILES string of the molecule is CC(=O)Nc1cccc(C(=O)N2CCN(C(=O)c3ccc(N(C)C)cc3)CC2)c1. The fourth-order valence-electron chi connectivity index (χ4n) is 3.31. The minimum absolute atomic E-state index is 0.0185. The lowest BCUT2D eigenvalue weighted by molar-refractivity contribution is -0.114.